The van der Waals surface area contributed by atoms with E-state index in [1.165, 1.54) is 11.1 Å². The monoisotopic (exact) mass is 343 g/mol. The molecular weight excluding hydrogens is 322 g/mol. The maximum Gasteiger partial charge on any atom is 0.193 e. The fourth-order valence-corrected chi connectivity index (χ4v) is 3.44. The Kier molecular flexibility index (Phi) is 4.55. The van der Waals surface area contributed by atoms with Crippen LogP contribution in [0.1, 0.15) is 33.2 Å². The van der Waals surface area contributed by atoms with Gasteiger partial charge in [-0.1, -0.05) is 54.6 Å². The molecule has 0 radical (unpaired) electrons. The van der Waals surface area contributed by atoms with Crippen molar-refractivity contribution in [1.82, 2.24) is 4.90 Å². The first-order chi connectivity index (χ1) is 12.7. The van der Waals surface area contributed by atoms with Crippen LogP contribution in [0, 0.1) is 0 Å². The van der Waals surface area contributed by atoms with Gasteiger partial charge in [-0.2, -0.15) is 0 Å². The van der Waals surface area contributed by atoms with Gasteiger partial charge in [-0.05, 0) is 42.4 Å². The molecule has 26 heavy (non-hydrogen) atoms. The lowest BCUT2D eigenvalue weighted by Gasteiger charge is -2.32. The van der Waals surface area contributed by atoms with Crippen molar-refractivity contribution in [2.24, 2.45) is 0 Å². The Morgan fingerprint density at radius 3 is 2.31 bits per heavy atom. The van der Waals surface area contributed by atoms with E-state index < -0.39 is 0 Å². The summed E-state index contributed by atoms with van der Waals surface area (Å²) in [6.07, 6.45) is 0.000579. The summed E-state index contributed by atoms with van der Waals surface area (Å²) < 4.78 is 6.24. The fourth-order valence-electron chi connectivity index (χ4n) is 3.44. The molecule has 0 N–H and O–H groups in total. The van der Waals surface area contributed by atoms with E-state index in [0.717, 1.165) is 18.8 Å². The molecule has 3 heteroatoms. The van der Waals surface area contributed by atoms with E-state index in [1.807, 2.05) is 54.6 Å². The van der Waals surface area contributed by atoms with Crippen molar-refractivity contribution in [1.29, 1.82) is 0 Å². The van der Waals surface area contributed by atoms with Gasteiger partial charge in [0, 0.05) is 24.2 Å². The van der Waals surface area contributed by atoms with Crippen LogP contribution in [0.3, 0.4) is 0 Å². The average molecular weight is 343 g/mol. The normalized spacial score (nSPS) is 16.7. The Morgan fingerprint density at radius 1 is 0.885 bits per heavy atom. The summed E-state index contributed by atoms with van der Waals surface area (Å²) in [5.74, 6) is 0.810. The van der Waals surface area contributed by atoms with Gasteiger partial charge in [0.1, 0.15) is 11.9 Å². The van der Waals surface area contributed by atoms with Crippen molar-refractivity contribution < 1.29 is 9.53 Å². The topological polar surface area (TPSA) is 29.5 Å². The summed E-state index contributed by atoms with van der Waals surface area (Å²) in [6, 6.07) is 25.2. The van der Waals surface area contributed by atoms with Crippen molar-refractivity contribution >= 4 is 5.78 Å². The molecule has 0 saturated carbocycles. The Balaban J connectivity index is 1.53. The zero-order chi connectivity index (χ0) is 17.9. The van der Waals surface area contributed by atoms with Gasteiger partial charge in [0.2, 0.25) is 0 Å². The van der Waals surface area contributed by atoms with Crippen molar-refractivity contribution in [3.63, 3.8) is 0 Å². The Hall–Kier alpha value is -2.91. The van der Waals surface area contributed by atoms with E-state index in [9.17, 15) is 4.79 Å². The van der Waals surface area contributed by atoms with Crippen LogP contribution in [0.5, 0.6) is 5.75 Å². The summed E-state index contributed by atoms with van der Waals surface area (Å²) in [5.41, 5.74) is 3.92. The zero-order valence-electron chi connectivity index (χ0n) is 14.8. The molecule has 3 aromatic carbocycles. The molecule has 0 spiro atoms. The minimum absolute atomic E-state index is 0.000579. The highest BCUT2D eigenvalue weighted by Gasteiger charge is 2.24. The van der Waals surface area contributed by atoms with E-state index in [0.29, 0.717) is 11.1 Å². The van der Waals surface area contributed by atoms with Crippen LogP contribution >= 0.6 is 0 Å². The SMILES string of the molecule is CN1Cc2ccccc2C(Oc2ccc(C(=O)c3ccccc3)cc2)C1. The molecule has 1 atom stereocenters. The molecule has 0 saturated heterocycles. The highest BCUT2D eigenvalue weighted by atomic mass is 16.5. The van der Waals surface area contributed by atoms with E-state index in [-0.39, 0.29) is 11.9 Å². The zero-order valence-corrected chi connectivity index (χ0v) is 14.8. The van der Waals surface area contributed by atoms with Gasteiger partial charge in [0.05, 0.1) is 0 Å². The second-order valence-corrected chi connectivity index (χ2v) is 6.72. The maximum absolute atomic E-state index is 12.5. The van der Waals surface area contributed by atoms with Crippen molar-refractivity contribution in [3.8, 4) is 5.75 Å². The summed E-state index contributed by atoms with van der Waals surface area (Å²) in [4.78, 5) is 14.8. The third kappa shape index (κ3) is 3.39. The van der Waals surface area contributed by atoms with Crippen LogP contribution in [0.25, 0.3) is 0 Å². The standard InChI is InChI=1S/C23H21NO2/c1-24-15-19-9-5-6-10-21(19)22(16-24)26-20-13-11-18(12-14-20)23(25)17-7-3-2-4-8-17/h2-14,22H,15-16H2,1H3. The van der Waals surface area contributed by atoms with Crippen molar-refractivity contribution in [2.75, 3.05) is 13.6 Å². The Labute approximate surface area is 153 Å². The minimum atomic E-state index is 0.000579. The average Bonchev–Trinajstić information content (AvgIpc) is 2.68. The predicted molar refractivity (Wildman–Crippen MR) is 102 cm³/mol. The lowest BCUT2D eigenvalue weighted by atomic mass is 9.97. The van der Waals surface area contributed by atoms with Crippen LogP contribution in [0.4, 0.5) is 0 Å². The minimum Gasteiger partial charge on any atom is -0.484 e. The van der Waals surface area contributed by atoms with Gasteiger partial charge in [-0.15, -0.1) is 0 Å². The Morgan fingerprint density at radius 2 is 1.54 bits per heavy atom. The number of hydrogen-bond acceptors (Lipinski definition) is 3. The third-order valence-corrected chi connectivity index (χ3v) is 4.75. The molecule has 3 aromatic rings. The molecule has 1 aliphatic rings. The lowest BCUT2D eigenvalue weighted by Crippen LogP contribution is -2.32. The number of hydrogen-bond donors (Lipinski definition) is 0. The highest BCUT2D eigenvalue weighted by Crippen LogP contribution is 2.30. The van der Waals surface area contributed by atoms with Crippen molar-refractivity contribution in [3.05, 3.63) is 101 Å². The number of nitrogens with zero attached hydrogens (tertiary/aromatic N) is 1. The summed E-state index contributed by atoms with van der Waals surface area (Å²) in [6.45, 7) is 1.79. The van der Waals surface area contributed by atoms with Crippen LogP contribution in [0.15, 0.2) is 78.9 Å². The number of ether oxygens (including phenoxy) is 1. The molecule has 130 valence electrons. The largest absolute Gasteiger partial charge is 0.484 e. The van der Waals surface area contributed by atoms with E-state index in [2.05, 4.69) is 36.2 Å². The Bertz CT molecular complexity index is 903. The van der Waals surface area contributed by atoms with Gasteiger partial charge in [-0.3, -0.25) is 9.69 Å². The van der Waals surface area contributed by atoms with Crippen LogP contribution in [-0.2, 0) is 6.54 Å². The molecule has 4 rings (SSSR count). The lowest BCUT2D eigenvalue weighted by molar-refractivity contribution is 0.103. The van der Waals surface area contributed by atoms with E-state index in [1.54, 1.807) is 0 Å². The molecule has 0 aliphatic carbocycles. The quantitative estimate of drug-likeness (QED) is 0.654. The maximum atomic E-state index is 12.5. The number of carbonyl (C=O) groups is 1. The molecule has 0 fully saturated rings. The second kappa shape index (κ2) is 7.14. The summed E-state index contributed by atoms with van der Waals surface area (Å²) >= 11 is 0. The molecule has 0 bridgehead atoms. The van der Waals surface area contributed by atoms with Gasteiger partial charge >= 0.3 is 0 Å². The molecule has 3 nitrogen and oxygen atoms in total. The molecular formula is C23H21NO2. The number of fused-ring (bicyclic) bond motifs is 1. The fraction of sp³-hybridized carbons (Fsp3) is 0.174. The van der Waals surface area contributed by atoms with Crippen molar-refractivity contribution in [2.45, 2.75) is 12.6 Å². The van der Waals surface area contributed by atoms with E-state index >= 15 is 0 Å². The van der Waals surface area contributed by atoms with Crippen LogP contribution < -0.4 is 4.74 Å². The second-order valence-electron chi connectivity index (χ2n) is 6.72. The van der Waals surface area contributed by atoms with Gasteiger partial charge in [0.15, 0.2) is 5.78 Å². The van der Waals surface area contributed by atoms with Gasteiger partial charge in [-0.25, -0.2) is 0 Å². The predicted octanol–water partition coefficient (Wildman–Crippen LogP) is 4.48. The molecule has 1 aliphatic heterocycles. The number of rotatable bonds is 4. The molecule has 1 unspecified atom stereocenters. The van der Waals surface area contributed by atoms with Gasteiger partial charge < -0.3 is 4.74 Å². The van der Waals surface area contributed by atoms with Crippen LogP contribution in [-0.4, -0.2) is 24.3 Å². The summed E-state index contributed by atoms with van der Waals surface area (Å²) in [5, 5.41) is 0. The smallest absolute Gasteiger partial charge is 0.193 e. The summed E-state index contributed by atoms with van der Waals surface area (Å²) in [7, 11) is 2.11. The van der Waals surface area contributed by atoms with Crippen LogP contribution in [0.2, 0.25) is 0 Å². The first-order valence-electron chi connectivity index (χ1n) is 8.83. The number of carbonyl (C=O) groups excluding carboxylic acids is 1. The number of likely N-dealkylation sites (N-methyl/N-ethyl adjacent to an activating group) is 1. The molecule has 0 aromatic heterocycles. The van der Waals surface area contributed by atoms with Gasteiger partial charge in [0.25, 0.3) is 0 Å². The third-order valence-electron chi connectivity index (χ3n) is 4.75. The first kappa shape index (κ1) is 16.6. The number of ketones is 1. The molecule has 1 heterocycles. The number of benzene rings is 3. The highest BCUT2D eigenvalue weighted by molar-refractivity contribution is 6.08. The first-order valence-corrected chi connectivity index (χ1v) is 8.83. The molecule has 0 amide bonds. The van der Waals surface area contributed by atoms with E-state index in [4.69, 9.17) is 4.74 Å².